The van der Waals surface area contributed by atoms with Crippen molar-refractivity contribution in [2.24, 2.45) is 0 Å². The lowest BCUT2D eigenvalue weighted by Crippen LogP contribution is -2.28. The van der Waals surface area contributed by atoms with Crippen LogP contribution in [0, 0.1) is 6.92 Å². The van der Waals surface area contributed by atoms with Crippen LogP contribution >= 0.6 is 0 Å². The van der Waals surface area contributed by atoms with Crippen molar-refractivity contribution in [3.63, 3.8) is 0 Å². The molecule has 3 aromatic rings. The minimum atomic E-state index is -0.586. The van der Waals surface area contributed by atoms with Gasteiger partial charge in [-0.05, 0) is 31.5 Å². The molecule has 1 N–H and O–H groups in total. The molecule has 2 aromatic heterocycles. The number of benzene rings is 1. The number of aryl methyl sites for hydroxylation is 1. The van der Waals surface area contributed by atoms with Gasteiger partial charge in [0.25, 0.3) is 5.91 Å². The summed E-state index contributed by atoms with van der Waals surface area (Å²) in [5, 5.41) is 2.89. The van der Waals surface area contributed by atoms with Crippen molar-refractivity contribution in [1.82, 2.24) is 14.5 Å². The van der Waals surface area contributed by atoms with E-state index >= 15 is 0 Å². The van der Waals surface area contributed by atoms with Gasteiger partial charge in [-0.3, -0.25) is 9.36 Å². The molecule has 0 bridgehead atoms. The quantitative estimate of drug-likeness (QED) is 0.751. The SMILES string of the molecule is Cc1nccn1-c1ncccc1NC(=O)[C@H](C)OCc1ccccc1. The number of pyridine rings is 1. The Bertz CT molecular complexity index is 845. The normalized spacial score (nSPS) is 11.9. The molecule has 0 aliphatic heterocycles. The molecule has 0 saturated heterocycles. The highest BCUT2D eigenvalue weighted by Crippen LogP contribution is 2.19. The molecule has 128 valence electrons. The maximum atomic E-state index is 12.5. The van der Waals surface area contributed by atoms with E-state index in [-0.39, 0.29) is 5.91 Å². The number of imidazole rings is 1. The number of carbonyl (C=O) groups is 1. The second-order valence-corrected chi connectivity index (χ2v) is 5.65. The van der Waals surface area contributed by atoms with Crippen molar-refractivity contribution in [1.29, 1.82) is 0 Å². The molecule has 0 aliphatic carbocycles. The zero-order chi connectivity index (χ0) is 17.6. The maximum Gasteiger partial charge on any atom is 0.253 e. The molecule has 1 amide bonds. The summed E-state index contributed by atoms with van der Waals surface area (Å²) in [5.41, 5.74) is 1.64. The Morgan fingerprint density at radius 3 is 2.68 bits per heavy atom. The maximum absolute atomic E-state index is 12.5. The highest BCUT2D eigenvalue weighted by atomic mass is 16.5. The third-order valence-corrected chi connectivity index (χ3v) is 3.81. The molecular formula is C19H20N4O2. The molecule has 0 fully saturated rings. The van der Waals surface area contributed by atoms with E-state index in [0.717, 1.165) is 11.4 Å². The predicted octanol–water partition coefficient (Wildman–Crippen LogP) is 3.12. The summed E-state index contributed by atoms with van der Waals surface area (Å²) in [6, 6.07) is 13.3. The minimum absolute atomic E-state index is 0.219. The smallest absolute Gasteiger partial charge is 0.253 e. The van der Waals surface area contributed by atoms with Crippen molar-refractivity contribution in [3.8, 4) is 5.82 Å². The van der Waals surface area contributed by atoms with E-state index in [9.17, 15) is 4.79 Å². The van der Waals surface area contributed by atoms with Crippen LogP contribution in [0.15, 0.2) is 61.1 Å². The van der Waals surface area contributed by atoms with E-state index in [1.807, 2.05) is 54.1 Å². The number of anilines is 1. The molecule has 6 heteroatoms. The predicted molar refractivity (Wildman–Crippen MR) is 95.4 cm³/mol. The van der Waals surface area contributed by atoms with Crippen LogP contribution in [0.2, 0.25) is 0 Å². The van der Waals surface area contributed by atoms with Gasteiger partial charge < -0.3 is 10.1 Å². The first kappa shape index (κ1) is 16.9. The standard InChI is InChI=1S/C19H20N4O2/c1-14(25-13-16-7-4-3-5-8-16)19(24)22-17-9-6-10-21-18(17)23-12-11-20-15(23)2/h3-12,14H,13H2,1-2H3,(H,22,24)/t14-/m0/s1. The van der Waals surface area contributed by atoms with Gasteiger partial charge in [0.1, 0.15) is 11.9 Å². The van der Waals surface area contributed by atoms with E-state index in [2.05, 4.69) is 15.3 Å². The molecule has 0 radical (unpaired) electrons. The molecule has 25 heavy (non-hydrogen) atoms. The molecule has 1 aromatic carbocycles. The topological polar surface area (TPSA) is 69.0 Å². The molecule has 3 rings (SSSR count). The van der Waals surface area contributed by atoms with Crippen LogP contribution in [0.5, 0.6) is 0 Å². The number of rotatable bonds is 6. The number of carbonyl (C=O) groups excluding carboxylic acids is 1. The van der Waals surface area contributed by atoms with Crippen molar-refractivity contribution < 1.29 is 9.53 Å². The Labute approximate surface area is 146 Å². The number of hydrogen-bond donors (Lipinski definition) is 1. The van der Waals surface area contributed by atoms with Gasteiger partial charge in [-0.2, -0.15) is 0 Å². The number of aromatic nitrogens is 3. The lowest BCUT2D eigenvalue weighted by molar-refractivity contribution is -0.127. The van der Waals surface area contributed by atoms with Gasteiger partial charge in [-0.1, -0.05) is 30.3 Å². The first-order chi connectivity index (χ1) is 12.1. The summed E-state index contributed by atoms with van der Waals surface area (Å²) >= 11 is 0. The molecule has 0 spiro atoms. The molecule has 1 atom stereocenters. The fourth-order valence-electron chi connectivity index (χ4n) is 2.39. The second-order valence-electron chi connectivity index (χ2n) is 5.65. The molecule has 0 saturated carbocycles. The number of nitrogens with one attached hydrogen (secondary N) is 1. The number of hydrogen-bond acceptors (Lipinski definition) is 4. The second kappa shape index (κ2) is 7.72. The van der Waals surface area contributed by atoms with Gasteiger partial charge in [-0.25, -0.2) is 9.97 Å². The zero-order valence-electron chi connectivity index (χ0n) is 14.2. The van der Waals surface area contributed by atoms with Crippen LogP contribution in [0.1, 0.15) is 18.3 Å². The minimum Gasteiger partial charge on any atom is -0.364 e. The highest BCUT2D eigenvalue weighted by Gasteiger charge is 2.16. The number of nitrogens with zero attached hydrogens (tertiary/aromatic N) is 3. The highest BCUT2D eigenvalue weighted by molar-refractivity contribution is 5.95. The molecule has 0 aliphatic rings. The van der Waals surface area contributed by atoms with Crippen LogP contribution in [0.3, 0.4) is 0 Å². The van der Waals surface area contributed by atoms with Crippen LogP contribution in [0.4, 0.5) is 5.69 Å². The first-order valence-electron chi connectivity index (χ1n) is 8.07. The summed E-state index contributed by atoms with van der Waals surface area (Å²) in [6.45, 7) is 4.00. The molecule has 6 nitrogen and oxygen atoms in total. The lowest BCUT2D eigenvalue weighted by Gasteiger charge is -2.16. The zero-order valence-corrected chi connectivity index (χ0v) is 14.2. The van der Waals surface area contributed by atoms with Gasteiger partial charge in [-0.15, -0.1) is 0 Å². The van der Waals surface area contributed by atoms with Crippen LogP contribution in [-0.2, 0) is 16.1 Å². The summed E-state index contributed by atoms with van der Waals surface area (Å²) < 4.78 is 7.49. The monoisotopic (exact) mass is 336 g/mol. The van der Waals surface area contributed by atoms with Crippen LogP contribution < -0.4 is 5.32 Å². The lowest BCUT2D eigenvalue weighted by atomic mass is 10.2. The van der Waals surface area contributed by atoms with Gasteiger partial charge >= 0.3 is 0 Å². The molecule has 0 unspecified atom stereocenters. The number of amides is 1. The van der Waals surface area contributed by atoms with E-state index < -0.39 is 6.10 Å². The van der Waals surface area contributed by atoms with E-state index in [1.54, 1.807) is 25.4 Å². The van der Waals surface area contributed by atoms with Crippen molar-refractivity contribution in [3.05, 3.63) is 72.4 Å². The Kier molecular flexibility index (Phi) is 5.20. The molecule has 2 heterocycles. The Morgan fingerprint density at radius 1 is 1.16 bits per heavy atom. The Hall–Kier alpha value is -2.99. The first-order valence-corrected chi connectivity index (χ1v) is 8.07. The Balaban J connectivity index is 1.68. The summed E-state index contributed by atoms with van der Waals surface area (Å²) in [7, 11) is 0. The van der Waals surface area contributed by atoms with Gasteiger partial charge in [0, 0.05) is 18.6 Å². The summed E-state index contributed by atoms with van der Waals surface area (Å²) in [5.74, 6) is 1.20. The fourth-order valence-corrected chi connectivity index (χ4v) is 2.39. The van der Waals surface area contributed by atoms with Crippen LogP contribution in [-0.4, -0.2) is 26.5 Å². The largest absolute Gasteiger partial charge is 0.364 e. The van der Waals surface area contributed by atoms with E-state index in [0.29, 0.717) is 18.1 Å². The van der Waals surface area contributed by atoms with Gasteiger partial charge in [0.2, 0.25) is 0 Å². The van der Waals surface area contributed by atoms with E-state index in [1.165, 1.54) is 0 Å². The fraction of sp³-hybridized carbons (Fsp3) is 0.211. The third-order valence-electron chi connectivity index (χ3n) is 3.81. The van der Waals surface area contributed by atoms with E-state index in [4.69, 9.17) is 4.74 Å². The number of ether oxygens (including phenoxy) is 1. The average molecular weight is 336 g/mol. The van der Waals surface area contributed by atoms with Crippen molar-refractivity contribution in [2.45, 2.75) is 26.6 Å². The Morgan fingerprint density at radius 2 is 1.96 bits per heavy atom. The summed E-state index contributed by atoms with van der Waals surface area (Å²) in [6.07, 6.45) is 4.60. The van der Waals surface area contributed by atoms with Gasteiger partial charge in [0.05, 0.1) is 12.3 Å². The van der Waals surface area contributed by atoms with Crippen molar-refractivity contribution >= 4 is 11.6 Å². The van der Waals surface area contributed by atoms with Crippen molar-refractivity contribution in [2.75, 3.05) is 5.32 Å². The third kappa shape index (κ3) is 4.10. The van der Waals surface area contributed by atoms with Gasteiger partial charge in [0.15, 0.2) is 5.82 Å². The average Bonchev–Trinajstić information content (AvgIpc) is 3.06. The van der Waals surface area contributed by atoms with Crippen LogP contribution in [0.25, 0.3) is 5.82 Å². The molecular weight excluding hydrogens is 316 g/mol. The summed E-state index contributed by atoms with van der Waals surface area (Å²) in [4.78, 5) is 21.0.